The van der Waals surface area contributed by atoms with Crippen LogP contribution >= 0.6 is 0 Å². The van der Waals surface area contributed by atoms with Gasteiger partial charge in [0.2, 0.25) is 5.95 Å². The minimum Gasteiger partial charge on any atom is -0.508 e. The van der Waals surface area contributed by atoms with Crippen molar-refractivity contribution >= 4 is 39.7 Å². The molecule has 1 fully saturated rings. The van der Waals surface area contributed by atoms with Gasteiger partial charge in [-0.2, -0.15) is 15.1 Å². The van der Waals surface area contributed by atoms with Crippen molar-refractivity contribution in [3.8, 4) is 11.6 Å². The van der Waals surface area contributed by atoms with Gasteiger partial charge in [-0.05, 0) is 37.3 Å². The van der Waals surface area contributed by atoms with Crippen LogP contribution in [-0.2, 0) is 11.3 Å². The summed E-state index contributed by atoms with van der Waals surface area (Å²) in [6.45, 7) is 4.00. The number of imidazole rings is 1. The summed E-state index contributed by atoms with van der Waals surface area (Å²) in [4.78, 5) is 30.0. The Balaban J connectivity index is 1.42. The number of para-hydroxylation sites is 1. The maximum absolute atomic E-state index is 11.5. The van der Waals surface area contributed by atoms with Crippen LogP contribution in [-0.4, -0.2) is 71.2 Å². The molecule has 1 aliphatic rings. The first-order valence-electron chi connectivity index (χ1n) is 11.7. The van der Waals surface area contributed by atoms with Crippen LogP contribution in [0.1, 0.15) is 6.92 Å². The summed E-state index contributed by atoms with van der Waals surface area (Å²) in [5, 5.41) is 24.6. The lowest BCUT2D eigenvalue weighted by atomic mass is 10.1. The molecule has 11 nitrogen and oxygen atoms in total. The predicted molar refractivity (Wildman–Crippen MR) is 135 cm³/mol. The maximum atomic E-state index is 11.5. The van der Waals surface area contributed by atoms with Gasteiger partial charge >= 0.3 is 5.97 Å². The van der Waals surface area contributed by atoms with E-state index in [-0.39, 0.29) is 18.3 Å². The zero-order chi connectivity index (χ0) is 24.8. The third kappa shape index (κ3) is 3.74. The average molecular weight is 485 g/mol. The second-order valence-corrected chi connectivity index (χ2v) is 8.91. The summed E-state index contributed by atoms with van der Waals surface area (Å²) < 4.78 is 3.26. The first-order chi connectivity index (χ1) is 17.5. The number of carboxylic acids is 1. The largest absolute Gasteiger partial charge is 0.508 e. The second-order valence-electron chi connectivity index (χ2n) is 8.91. The van der Waals surface area contributed by atoms with Gasteiger partial charge in [0.1, 0.15) is 12.3 Å². The van der Waals surface area contributed by atoms with Crippen molar-refractivity contribution in [2.45, 2.75) is 19.5 Å². The number of rotatable bonds is 5. The van der Waals surface area contributed by atoms with Gasteiger partial charge in [-0.25, -0.2) is 9.67 Å². The molecule has 0 amide bonds. The molecule has 1 saturated heterocycles. The van der Waals surface area contributed by atoms with E-state index in [0.29, 0.717) is 29.5 Å². The molecule has 0 spiro atoms. The Kier molecular flexibility index (Phi) is 5.17. The lowest BCUT2D eigenvalue weighted by Gasteiger charge is -2.41. The number of phenolic OH excluding ortho intramolecular Hbond substituents is 1. The molecule has 0 saturated carbocycles. The molecule has 2 aromatic carbocycles. The third-order valence-corrected chi connectivity index (χ3v) is 6.52. The van der Waals surface area contributed by atoms with E-state index in [2.05, 4.69) is 26.8 Å². The van der Waals surface area contributed by atoms with E-state index in [9.17, 15) is 15.0 Å². The Morgan fingerprint density at radius 2 is 1.89 bits per heavy atom. The van der Waals surface area contributed by atoms with Crippen molar-refractivity contribution in [2.24, 2.45) is 0 Å². The molecule has 11 heteroatoms. The molecular formula is C25H24N8O3. The minimum absolute atomic E-state index is 0.0723. The van der Waals surface area contributed by atoms with Crippen molar-refractivity contribution in [2.75, 3.05) is 29.4 Å². The number of carboxylic acid groups (broad SMARTS) is 1. The van der Waals surface area contributed by atoms with Gasteiger partial charge in [0.25, 0.3) is 0 Å². The van der Waals surface area contributed by atoms with Crippen molar-refractivity contribution < 1.29 is 15.0 Å². The van der Waals surface area contributed by atoms with Gasteiger partial charge in [-0.15, -0.1) is 0 Å². The van der Waals surface area contributed by atoms with Crippen molar-refractivity contribution in [3.63, 3.8) is 0 Å². The molecule has 182 valence electrons. The monoisotopic (exact) mass is 484 g/mol. The number of piperazine rings is 1. The van der Waals surface area contributed by atoms with Gasteiger partial charge in [0.05, 0.1) is 18.0 Å². The molecule has 0 bridgehead atoms. The molecule has 1 atom stereocenters. The average Bonchev–Trinajstić information content (AvgIpc) is 3.48. The van der Waals surface area contributed by atoms with E-state index < -0.39 is 5.97 Å². The smallest absolute Gasteiger partial charge is 0.323 e. The number of phenols is 1. The number of hydrogen-bond acceptors (Lipinski definition) is 8. The Bertz CT molecular complexity index is 1580. The molecule has 4 heterocycles. The lowest BCUT2D eigenvalue weighted by molar-refractivity contribution is -0.137. The van der Waals surface area contributed by atoms with E-state index in [1.54, 1.807) is 23.0 Å². The molecule has 6 rings (SSSR count). The SMILES string of the molecule is CC1CN(c2ccc(O)cc2)CCN1c1nc(-n2ncc3ccccc32)c2ncn(CC(=O)O)c2n1. The van der Waals surface area contributed by atoms with Crippen LogP contribution in [0.15, 0.2) is 61.1 Å². The minimum atomic E-state index is -0.976. The fraction of sp³-hybridized carbons (Fsp3) is 0.240. The highest BCUT2D eigenvalue weighted by molar-refractivity contribution is 5.86. The second kappa shape index (κ2) is 8.52. The molecule has 2 N–H and O–H groups in total. The number of aliphatic carboxylic acids is 1. The zero-order valence-corrected chi connectivity index (χ0v) is 19.6. The highest BCUT2D eigenvalue weighted by atomic mass is 16.4. The molecule has 1 unspecified atom stereocenters. The van der Waals surface area contributed by atoms with E-state index in [1.165, 1.54) is 10.9 Å². The first kappa shape index (κ1) is 21.8. The Labute approximate surface area is 205 Å². The summed E-state index contributed by atoms with van der Waals surface area (Å²) in [6.07, 6.45) is 3.26. The molecule has 0 radical (unpaired) electrons. The van der Waals surface area contributed by atoms with E-state index in [4.69, 9.17) is 9.97 Å². The Morgan fingerprint density at radius 1 is 1.08 bits per heavy atom. The Morgan fingerprint density at radius 3 is 2.67 bits per heavy atom. The van der Waals surface area contributed by atoms with Crippen LogP contribution < -0.4 is 9.80 Å². The van der Waals surface area contributed by atoms with Crippen LogP contribution in [0.4, 0.5) is 11.6 Å². The van der Waals surface area contributed by atoms with Crippen LogP contribution in [0, 0.1) is 0 Å². The summed E-state index contributed by atoms with van der Waals surface area (Å²) in [5.41, 5.74) is 2.86. The molecule has 1 aliphatic heterocycles. The first-order valence-corrected chi connectivity index (χ1v) is 11.7. The molecule has 36 heavy (non-hydrogen) atoms. The van der Waals surface area contributed by atoms with Gasteiger partial charge in [-0.1, -0.05) is 18.2 Å². The van der Waals surface area contributed by atoms with Gasteiger partial charge in [0, 0.05) is 36.7 Å². The lowest BCUT2D eigenvalue weighted by Crippen LogP contribution is -2.52. The number of benzene rings is 2. The quantitative estimate of drug-likeness (QED) is 0.387. The topological polar surface area (TPSA) is 125 Å². The van der Waals surface area contributed by atoms with Crippen LogP contribution in [0.25, 0.3) is 27.9 Å². The van der Waals surface area contributed by atoms with Crippen molar-refractivity contribution in [1.82, 2.24) is 29.3 Å². The van der Waals surface area contributed by atoms with E-state index in [1.807, 2.05) is 36.4 Å². The number of hydrogen-bond donors (Lipinski definition) is 2. The number of anilines is 2. The van der Waals surface area contributed by atoms with Crippen LogP contribution in [0.2, 0.25) is 0 Å². The highest BCUT2D eigenvalue weighted by Gasteiger charge is 2.28. The van der Waals surface area contributed by atoms with Crippen molar-refractivity contribution in [3.05, 3.63) is 61.1 Å². The fourth-order valence-electron chi connectivity index (χ4n) is 4.75. The zero-order valence-electron chi connectivity index (χ0n) is 19.6. The number of carbonyl (C=O) groups is 1. The number of aromatic nitrogens is 6. The van der Waals surface area contributed by atoms with E-state index in [0.717, 1.165) is 29.7 Å². The fourth-order valence-corrected chi connectivity index (χ4v) is 4.75. The number of fused-ring (bicyclic) bond motifs is 2. The van der Waals surface area contributed by atoms with Gasteiger partial charge < -0.3 is 24.6 Å². The molecule has 5 aromatic rings. The maximum Gasteiger partial charge on any atom is 0.323 e. The van der Waals surface area contributed by atoms with Crippen LogP contribution in [0.5, 0.6) is 5.75 Å². The summed E-state index contributed by atoms with van der Waals surface area (Å²) in [7, 11) is 0. The highest BCUT2D eigenvalue weighted by Crippen LogP contribution is 2.28. The van der Waals surface area contributed by atoms with E-state index >= 15 is 0 Å². The molecule has 3 aromatic heterocycles. The standard InChI is InChI=1S/C25H24N8O3/c1-16-13-30(18-6-8-19(34)9-7-18)10-11-32(16)25-28-23-22(26-15-31(23)14-21(35)36)24(29-25)33-20-5-3-2-4-17(20)12-27-33/h2-9,12,15-16,34H,10-11,13-14H2,1H3,(H,35,36). The normalized spacial score (nSPS) is 16.2. The van der Waals surface area contributed by atoms with Gasteiger partial charge in [0.15, 0.2) is 17.0 Å². The summed E-state index contributed by atoms with van der Waals surface area (Å²) in [5.74, 6) is 0.274. The summed E-state index contributed by atoms with van der Waals surface area (Å²) in [6, 6.07) is 15.1. The summed E-state index contributed by atoms with van der Waals surface area (Å²) >= 11 is 0. The third-order valence-electron chi connectivity index (χ3n) is 6.52. The number of aromatic hydroxyl groups is 1. The molecular weight excluding hydrogens is 460 g/mol. The molecule has 0 aliphatic carbocycles. The van der Waals surface area contributed by atoms with Crippen molar-refractivity contribution in [1.29, 1.82) is 0 Å². The Hall–Kier alpha value is -4.67. The van der Waals surface area contributed by atoms with Crippen LogP contribution in [0.3, 0.4) is 0 Å². The predicted octanol–water partition coefficient (Wildman–Crippen LogP) is 2.67. The number of nitrogens with zero attached hydrogens (tertiary/aromatic N) is 8. The van der Waals surface area contributed by atoms with Gasteiger partial charge in [-0.3, -0.25) is 4.79 Å².